The lowest BCUT2D eigenvalue weighted by atomic mass is 10.1. The minimum Gasteiger partial charge on any atom is -0.468 e. The second-order valence-corrected chi connectivity index (χ2v) is 4.09. The van der Waals surface area contributed by atoms with Gasteiger partial charge in [0.15, 0.2) is 0 Å². The lowest BCUT2D eigenvalue weighted by Gasteiger charge is -2.13. The Balaban J connectivity index is 1.93. The van der Waals surface area contributed by atoms with Crippen molar-refractivity contribution in [3.63, 3.8) is 0 Å². The molecule has 0 spiro atoms. The zero-order valence-electron chi connectivity index (χ0n) is 9.73. The summed E-state index contributed by atoms with van der Waals surface area (Å²) in [4.78, 5) is 0. The molecule has 0 aliphatic heterocycles. The van der Waals surface area contributed by atoms with Crippen molar-refractivity contribution in [3.8, 4) is 0 Å². The largest absolute Gasteiger partial charge is 0.468 e. The van der Waals surface area contributed by atoms with Gasteiger partial charge in [0.1, 0.15) is 5.76 Å². The summed E-state index contributed by atoms with van der Waals surface area (Å²) in [5.74, 6) is 0.971. The van der Waals surface area contributed by atoms with Crippen molar-refractivity contribution in [3.05, 3.63) is 59.5 Å². The zero-order chi connectivity index (χ0) is 11.4. The maximum absolute atomic E-state index is 5.28. The van der Waals surface area contributed by atoms with E-state index in [4.69, 9.17) is 4.42 Å². The fourth-order valence-corrected chi connectivity index (χ4v) is 1.64. The predicted octanol–water partition coefficient (Wildman–Crippen LogP) is 3.44. The van der Waals surface area contributed by atoms with Gasteiger partial charge in [0.25, 0.3) is 0 Å². The Bertz CT molecular complexity index is 417. The summed E-state index contributed by atoms with van der Waals surface area (Å²) >= 11 is 0. The van der Waals surface area contributed by atoms with Crippen LogP contribution in [0.1, 0.15) is 29.9 Å². The van der Waals surface area contributed by atoms with E-state index in [0.29, 0.717) is 6.04 Å². The maximum atomic E-state index is 5.28. The molecular weight excluding hydrogens is 198 g/mol. The van der Waals surface area contributed by atoms with Gasteiger partial charge in [0.05, 0.1) is 12.8 Å². The highest BCUT2D eigenvalue weighted by molar-refractivity contribution is 5.23. The van der Waals surface area contributed by atoms with Gasteiger partial charge in [-0.25, -0.2) is 0 Å². The van der Waals surface area contributed by atoms with Crippen molar-refractivity contribution in [2.24, 2.45) is 0 Å². The van der Waals surface area contributed by atoms with Crippen LogP contribution in [0.2, 0.25) is 0 Å². The molecule has 0 aliphatic rings. The van der Waals surface area contributed by atoms with Crippen LogP contribution in [0.5, 0.6) is 0 Å². The summed E-state index contributed by atoms with van der Waals surface area (Å²) in [7, 11) is 0. The van der Waals surface area contributed by atoms with Gasteiger partial charge in [0, 0.05) is 6.04 Å². The number of benzene rings is 1. The minimum absolute atomic E-state index is 0.339. The fraction of sp³-hybridized carbons (Fsp3) is 0.286. The molecule has 0 saturated heterocycles. The number of hydrogen-bond acceptors (Lipinski definition) is 2. The monoisotopic (exact) mass is 215 g/mol. The average Bonchev–Trinajstić information content (AvgIpc) is 2.80. The van der Waals surface area contributed by atoms with Crippen LogP contribution in [0.4, 0.5) is 0 Å². The second kappa shape index (κ2) is 4.99. The molecule has 0 radical (unpaired) electrons. The van der Waals surface area contributed by atoms with Gasteiger partial charge in [-0.2, -0.15) is 0 Å². The van der Waals surface area contributed by atoms with Crippen molar-refractivity contribution >= 4 is 0 Å². The Kier molecular flexibility index (Phi) is 3.42. The lowest BCUT2D eigenvalue weighted by Crippen LogP contribution is -2.17. The van der Waals surface area contributed by atoms with E-state index in [1.807, 2.05) is 12.1 Å². The highest BCUT2D eigenvalue weighted by Crippen LogP contribution is 2.13. The van der Waals surface area contributed by atoms with Crippen LogP contribution in [-0.4, -0.2) is 0 Å². The van der Waals surface area contributed by atoms with Crippen LogP contribution >= 0.6 is 0 Å². The number of nitrogens with one attached hydrogen (secondary N) is 1. The highest BCUT2D eigenvalue weighted by atomic mass is 16.3. The molecule has 16 heavy (non-hydrogen) atoms. The summed E-state index contributed by atoms with van der Waals surface area (Å²) in [5, 5.41) is 3.43. The van der Waals surface area contributed by atoms with Crippen molar-refractivity contribution in [2.75, 3.05) is 0 Å². The molecule has 2 nitrogen and oxygen atoms in total. The van der Waals surface area contributed by atoms with E-state index >= 15 is 0 Å². The molecule has 1 atom stereocenters. The first-order valence-corrected chi connectivity index (χ1v) is 5.58. The molecule has 1 aromatic heterocycles. The molecule has 0 unspecified atom stereocenters. The van der Waals surface area contributed by atoms with E-state index in [0.717, 1.165) is 12.3 Å². The molecule has 1 N–H and O–H groups in total. The Morgan fingerprint density at radius 1 is 1.19 bits per heavy atom. The lowest BCUT2D eigenvalue weighted by molar-refractivity contribution is 0.460. The molecule has 0 aliphatic carbocycles. The first-order chi connectivity index (χ1) is 7.75. The molecular formula is C14H17NO. The third kappa shape index (κ3) is 2.74. The quantitative estimate of drug-likeness (QED) is 0.845. The molecule has 84 valence electrons. The molecule has 1 aromatic carbocycles. The summed E-state index contributed by atoms with van der Waals surface area (Å²) in [6.45, 7) is 5.03. The van der Waals surface area contributed by atoms with Gasteiger partial charge in [-0.05, 0) is 31.5 Å². The van der Waals surface area contributed by atoms with Crippen molar-refractivity contribution in [1.82, 2.24) is 5.32 Å². The predicted molar refractivity (Wildman–Crippen MR) is 65.1 cm³/mol. The first kappa shape index (κ1) is 11.0. The fourth-order valence-electron chi connectivity index (χ4n) is 1.64. The molecule has 0 bridgehead atoms. The second-order valence-electron chi connectivity index (χ2n) is 4.09. The van der Waals surface area contributed by atoms with Crippen LogP contribution < -0.4 is 5.32 Å². The topological polar surface area (TPSA) is 25.2 Å². The molecule has 0 fully saturated rings. The normalized spacial score (nSPS) is 12.6. The molecule has 2 aromatic rings. The molecule has 2 heteroatoms. The molecule has 0 saturated carbocycles. The van der Waals surface area contributed by atoms with E-state index in [2.05, 4.69) is 43.4 Å². The minimum atomic E-state index is 0.339. The van der Waals surface area contributed by atoms with E-state index in [1.54, 1.807) is 6.26 Å². The number of aryl methyl sites for hydroxylation is 1. The SMILES string of the molecule is Cc1ccc([C@H](C)NCc2ccco2)cc1. The molecule has 1 heterocycles. The van der Waals surface area contributed by atoms with Crippen LogP contribution in [0.25, 0.3) is 0 Å². The zero-order valence-corrected chi connectivity index (χ0v) is 9.73. The smallest absolute Gasteiger partial charge is 0.117 e. The standard InChI is InChI=1S/C14H17NO/c1-11-5-7-13(8-6-11)12(2)15-10-14-4-3-9-16-14/h3-9,12,15H,10H2,1-2H3/t12-/m0/s1. The van der Waals surface area contributed by atoms with Crippen molar-refractivity contribution in [2.45, 2.75) is 26.4 Å². The summed E-state index contributed by atoms with van der Waals surface area (Å²) in [5.41, 5.74) is 2.60. The summed E-state index contributed by atoms with van der Waals surface area (Å²) < 4.78 is 5.28. The van der Waals surface area contributed by atoms with Gasteiger partial charge < -0.3 is 9.73 Å². The van der Waals surface area contributed by atoms with Gasteiger partial charge in [-0.3, -0.25) is 0 Å². The van der Waals surface area contributed by atoms with Crippen molar-refractivity contribution in [1.29, 1.82) is 0 Å². The number of hydrogen-bond donors (Lipinski definition) is 1. The number of rotatable bonds is 4. The highest BCUT2D eigenvalue weighted by Gasteiger charge is 2.04. The summed E-state index contributed by atoms with van der Waals surface area (Å²) in [6.07, 6.45) is 1.70. The van der Waals surface area contributed by atoms with Crippen LogP contribution in [0, 0.1) is 6.92 Å². The van der Waals surface area contributed by atoms with Crippen LogP contribution in [0.15, 0.2) is 47.1 Å². The summed E-state index contributed by atoms with van der Waals surface area (Å²) in [6, 6.07) is 12.8. The van der Waals surface area contributed by atoms with Crippen LogP contribution in [0.3, 0.4) is 0 Å². The molecule has 0 amide bonds. The van der Waals surface area contributed by atoms with Crippen LogP contribution in [-0.2, 0) is 6.54 Å². The van der Waals surface area contributed by atoms with Crippen molar-refractivity contribution < 1.29 is 4.42 Å². The van der Waals surface area contributed by atoms with Gasteiger partial charge in [-0.15, -0.1) is 0 Å². The Labute approximate surface area is 96.3 Å². The number of furan rings is 1. The molecule has 2 rings (SSSR count). The van der Waals surface area contributed by atoms with E-state index < -0.39 is 0 Å². The first-order valence-electron chi connectivity index (χ1n) is 5.58. The Morgan fingerprint density at radius 2 is 1.94 bits per heavy atom. The van der Waals surface area contributed by atoms with Gasteiger partial charge >= 0.3 is 0 Å². The van der Waals surface area contributed by atoms with E-state index in [1.165, 1.54) is 11.1 Å². The van der Waals surface area contributed by atoms with E-state index in [9.17, 15) is 0 Å². The average molecular weight is 215 g/mol. The Morgan fingerprint density at radius 3 is 2.56 bits per heavy atom. The van der Waals surface area contributed by atoms with E-state index in [-0.39, 0.29) is 0 Å². The van der Waals surface area contributed by atoms with Gasteiger partial charge in [-0.1, -0.05) is 29.8 Å². The maximum Gasteiger partial charge on any atom is 0.117 e. The Hall–Kier alpha value is -1.54. The third-order valence-corrected chi connectivity index (χ3v) is 2.74. The van der Waals surface area contributed by atoms with Gasteiger partial charge in [0.2, 0.25) is 0 Å². The third-order valence-electron chi connectivity index (χ3n) is 2.74.